The van der Waals surface area contributed by atoms with Crippen LogP contribution in [-0.2, 0) is 9.59 Å². The van der Waals surface area contributed by atoms with Crippen LogP contribution in [0.4, 0.5) is 0 Å². The van der Waals surface area contributed by atoms with E-state index in [0.717, 1.165) is 44.1 Å². The van der Waals surface area contributed by atoms with Crippen molar-refractivity contribution in [3.05, 3.63) is 23.8 Å². The van der Waals surface area contributed by atoms with E-state index in [4.69, 9.17) is 14.2 Å². The van der Waals surface area contributed by atoms with Gasteiger partial charge in [0.25, 0.3) is 5.91 Å². The van der Waals surface area contributed by atoms with Crippen molar-refractivity contribution in [2.75, 3.05) is 21.3 Å². The molecule has 0 bridgehead atoms. The smallest absolute Gasteiger partial charge is 0.307 e. The molecule has 1 heterocycles. The van der Waals surface area contributed by atoms with E-state index in [0.29, 0.717) is 40.6 Å². The Morgan fingerprint density at radius 2 is 1.66 bits per heavy atom. The van der Waals surface area contributed by atoms with Gasteiger partial charge in [0.1, 0.15) is 0 Å². The Morgan fingerprint density at radius 1 is 0.971 bits per heavy atom. The van der Waals surface area contributed by atoms with Crippen LogP contribution in [0.25, 0.3) is 5.57 Å². The molecule has 1 aliphatic heterocycles. The van der Waals surface area contributed by atoms with Crippen molar-refractivity contribution in [3.63, 3.8) is 0 Å². The molecule has 0 radical (unpaired) electrons. The van der Waals surface area contributed by atoms with Gasteiger partial charge >= 0.3 is 5.97 Å². The molecule has 7 nitrogen and oxygen atoms in total. The summed E-state index contributed by atoms with van der Waals surface area (Å²) in [6, 6.07) is 3.76. The van der Waals surface area contributed by atoms with Crippen molar-refractivity contribution in [1.82, 2.24) is 5.32 Å². The van der Waals surface area contributed by atoms with Crippen molar-refractivity contribution in [2.45, 2.75) is 58.4 Å². The molecule has 1 aromatic rings. The lowest BCUT2D eigenvalue weighted by atomic mass is 9.47. The highest BCUT2D eigenvalue weighted by Gasteiger charge is 2.61. The quantitative estimate of drug-likeness (QED) is 0.639. The second-order valence-corrected chi connectivity index (χ2v) is 11.3. The molecule has 0 aromatic heterocycles. The number of benzene rings is 1. The van der Waals surface area contributed by atoms with E-state index in [1.807, 2.05) is 12.1 Å². The van der Waals surface area contributed by atoms with Crippen LogP contribution in [0.1, 0.15) is 57.9 Å². The average molecular weight is 484 g/mol. The Hall–Kier alpha value is -2.70. The first-order chi connectivity index (χ1) is 16.7. The van der Waals surface area contributed by atoms with E-state index in [-0.39, 0.29) is 28.7 Å². The molecule has 5 rings (SSSR count). The summed E-state index contributed by atoms with van der Waals surface area (Å²) < 4.78 is 16.5. The maximum Gasteiger partial charge on any atom is 0.307 e. The van der Waals surface area contributed by atoms with Crippen molar-refractivity contribution >= 4 is 17.4 Å². The first-order valence-corrected chi connectivity index (χ1v) is 12.7. The van der Waals surface area contributed by atoms with Gasteiger partial charge in [-0.15, -0.1) is 0 Å². The molecule has 3 aliphatic carbocycles. The number of carbonyl (C=O) groups is 2. The standard InChI is InChI=1S/C28H37NO6/c1-27-11-10-19-16(18(27)7-8-20(27)26(31)32)6-9-23-28(19,2)14-17(25(30)29-23)15-12-21(33-3)24(35-5)22(13-15)34-4/h12-14,16,18-20,23H,6-11H2,1-5H3,(H,29,30)(H,31,32)/t16-,18-,19-,20+,23+,27-,28+/m0/s1. The number of nitrogens with one attached hydrogen (secondary N) is 1. The van der Waals surface area contributed by atoms with Gasteiger partial charge in [-0.25, -0.2) is 0 Å². The van der Waals surface area contributed by atoms with Gasteiger partial charge in [-0.3, -0.25) is 9.59 Å². The number of methoxy groups -OCH3 is 3. The number of fused-ring (bicyclic) bond motifs is 5. The van der Waals surface area contributed by atoms with Crippen molar-refractivity contribution in [1.29, 1.82) is 0 Å². The molecule has 35 heavy (non-hydrogen) atoms. The number of hydrogen-bond donors (Lipinski definition) is 2. The number of ether oxygens (including phenoxy) is 3. The fraction of sp³-hybridized carbons (Fsp3) is 0.643. The highest BCUT2D eigenvalue weighted by molar-refractivity contribution is 6.20. The lowest BCUT2D eigenvalue weighted by Crippen LogP contribution is -2.60. The number of amides is 1. The van der Waals surface area contributed by atoms with Crippen molar-refractivity contribution in [3.8, 4) is 17.2 Å². The molecular formula is C28H37NO6. The van der Waals surface area contributed by atoms with Crippen molar-refractivity contribution in [2.24, 2.45) is 34.5 Å². The molecule has 2 N–H and O–H groups in total. The average Bonchev–Trinajstić information content (AvgIpc) is 3.20. The number of carbonyl (C=O) groups excluding carboxylic acids is 1. The van der Waals surface area contributed by atoms with Crippen molar-refractivity contribution < 1.29 is 28.9 Å². The number of hydrogen-bond acceptors (Lipinski definition) is 5. The van der Waals surface area contributed by atoms with Gasteiger partial charge in [-0.2, -0.15) is 0 Å². The van der Waals surface area contributed by atoms with Crippen LogP contribution in [0.2, 0.25) is 0 Å². The Kier molecular flexibility index (Phi) is 5.80. The molecule has 3 saturated carbocycles. The lowest BCUT2D eigenvalue weighted by molar-refractivity contribution is -0.149. The Bertz CT molecular complexity index is 1060. The lowest BCUT2D eigenvalue weighted by Gasteiger charge is -2.59. The molecule has 1 aromatic carbocycles. The minimum absolute atomic E-state index is 0.0762. The maximum absolute atomic E-state index is 13.3. The third kappa shape index (κ3) is 3.45. The molecule has 7 atom stereocenters. The number of rotatable bonds is 5. The zero-order valence-electron chi connectivity index (χ0n) is 21.3. The summed E-state index contributed by atoms with van der Waals surface area (Å²) in [5, 5.41) is 13.2. The molecule has 1 amide bonds. The van der Waals surface area contributed by atoms with Crippen LogP contribution in [-0.4, -0.2) is 44.4 Å². The molecule has 4 aliphatic rings. The fourth-order valence-corrected chi connectivity index (χ4v) is 8.30. The molecule has 7 heteroatoms. The summed E-state index contributed by atoms with van der Waals surface area (Å²) in [5.74, 6) is 1.89. The summed E-state index contributed by atoms with van der Waals surface area (Å²) >= 11 is 0. The Balaban J connectivity index is 1.54. The second-order valence-electron chi connectivity index (χ2n) is 11.3. The predicted octanol–water partition coefficient (Wildman–Crippen LogP) is 4.54. The molecule has 190 valence electrons. The van der Waals surface area contributed by atoms with Gasteiger partial charge in [0.05, 0.1) is 27.2 Å². The third-order valence-corrected chi connectivity index (χ3v) is 10.1. The van der Waals surface area contributed by atoms with E-state index in [1.165, 1.54) is 0 Å². The van der Waals surface area contributed by atoms with Crippen LogP contribution in [0.3, 0.4) is 0 Å². The van der Waals surface area contributed by atoms with Gasteiger partial charge in [0.2, 0.25) is 5.75 Å². The van der Waals surface area contributed by atoms with Crippen LogP contribution < -0.4 is 19.5 Å². The topological polar surface area (TPSA) is 94.1 Å². The minimum Gasteiger partial charge on any atom is -0.493 e. The number of carboxylic acid groups (broad SMARTS) is 1. The first kappa shape index (κ1) is 24.0. The van der Waals surface area contributed by atoms with Crippen LogP contribution in [0.5, 0.6) is 17.2 Å². The summed E-state index contributed by atoms with van der Waals surface area (Å²) in [6.07, 6.45) is 7.86. The van der Waals surface area contributed by atoms with E-state index in [2.05, 4.69) is 25.2 Å². The van der Waals surface area contributed by atoms with Gasteiger partial charge in [0, 0.05) is 17.0 Å². The molecule has 3 fully saturated rings. The normalized spacial score (nSPS) is 37.8. The minimum atomic E-state index is -0.636. The Morgan fingerprint density at radius 3 is 2.26 bits per heavy atom. The van der Waals surface area contributed by atoms with Crippen LogP contribution in [0, 0.1) is 34.5 Å². The largest absolute Gasteiger partial charge is 0.493 e. The van der Waals surface area contributed by atoms with E-state index < -0.39 is 5.97 Å². The highest BCUT2D eigenvalue weighted by Crippen LogP contribution is 2.65. The van der Waals surface area contributed by atoms with E-state index in [1.54, 1.807) is 21.3 Å². The molecule has 0 spiro atoms. The predicted molar refractivity (Wildman–Crippen MR) is 132 cm³/mol. The van der Waals surface area contributed by atoms with Gasteiger partial charge < -0.3 is 24.6 Å². The summed E-state index contributed by atoms with van der Waals surface area (Å²) in [6.45, 7) is 4.51. The second kappa shape index (κ2) is 8.45. The van der Waals surface area contributed by atoms with Gasteiger partial charge in [0.15, 0.2) is 11.5 Å². The molecular weight excluding hydrogens is 446 g/mol. The van der Waals surface area contributed by atoms with Gasteiger partial charge in [-0.1, -0.05) is 19.9 Å². The SMILES string of the molecule is COc1cc(C2=C[C@@]3(C)[C@@H](CC[C@@H]4[C@@H]3CC[C@]3(C)[C@@H](C(=O)O)CC[C@@H]43)NC2=O)cc(OC)c1OC. The van der Waals surface area contributed by atoms with Crippen LogP contribution >= 0.6 is 0 Å². The van der Waals surface area contributed by atoms with E-state index >= 15 is 0 Å². The summed E-state index contributed by atoms with van der Waals surface area (Å²) in [4.78, 5) is 25.3. The summed E-state index contributed by atoms with van der Waals surface area (Å²) in [5.41, 5.74) is 1.05. The zero-order valence-corrected chi connectivity index (χ0v) is 21.3. The maximum atomic E-state index is 13.3. The number of aliphatic carboxylic acids is 1. The Labute approximate surface area is 207 Å². The zero-order chi connectivity index (χ0) is 25.1. The number of carboxylic acids is 1. The molecule has 0 unspecified atom stereocenters. The third-order valence-electron chi connectivity index (χ3n) is 10.1. The first-order valence-electron chi connectivity index (χ1n) is 12.7. The summed E-state index contributed by atoms with van der Waals surface area (Å²) in [7, 11) is 4.71. The fourth-order valence-electron chi connectivity index (χ4n) is 8.30. The van der Waals surface area contributed by atoms with Crippen LogP contribution in [0.15, 0.2) is 18.2 Å². The highest BCUT2D eigenvalue weighted by atomic mass is 16.5. The molecule has 0 saturated heterocycles. The monoisotopic (exact) mass is 483 g/mol. The van der Waals surface area contributed by atoms with Gasteiger partial charge in [-0.05, 0) is 79.4 Å². The van der Waals surface area contributed by atoms with E-state index in [9.17, 15) is 14.7 Å².